The molecule has 1 unspecified atom stereocenters. The van der Waals surface area contributed by atoms with Crippen LogP contribution < -0.4 is 11.1 Å². The van der Waals surface area contributed by atoms with Gasteiger partial charge in [-0.15, -0.1) is 0 Å². The van der Waals surface area contributed by atoms with Crippen molar-refractivity contribution in [2.45, 2.75) is 43.9 Å². The molecule has 0 radical (unpaired) electrons. The van der Waals surface area contributed by atoms with Gasteiger partial charge in [0.15, 0.2) is 6.17 Å². The summed E-state index contributed by atoms with van der Waals surface area (Å²) < 4.78 is 0. The van der Waals surface area contributed by atoms with Gasteiger partial charge in [-0.2, -0.15) is 0 Å². The maximum atomic E-state index is 13.5. The van der Waals surface area contributed by atoms with Gasteiger partial charge in [-0.3, -0.25) is 14.4 Å². The molecule has 2 aliphatic rings. The highest BCUT2D eigenvalue weighted by molar-refractivity contribution is 6.42. The molecule has 2 aromatic rings. The zero-order chi connectivity index (χ0) is 24.4. The lowest BCUT2D eigenvalue weighted by Crippen LogP contribution is -2.56. The molecule has 1 aliphatic carbocycles. The van der Waals surface area contributed by atoms with Crippen molar-refractivity contribution in [1.29, 1.82) is 0 Å². The van der Waals surface area contributed by atoms with Crippen molar-refractivity contribution in [3.63, 3.8) is 0 Å². The molecule has 1 saturated carbocycles. The summed E-state index contributed by atoms with van der Waals surface area (Å²) in [6, 6.07) is 11.1. The number of halogens is 3. The van der Waals surface area contributed by atoms with Crippen LogP contribution in [0.4, 0.5) is 0 Å². The number of rotatable bonds is 4. The lowest BCUT2D eigenvalue weighted by atomic mass is 9.92. The van der Waals surface area contributed by atoms with Crippen LogP contribution in [0.15, 0.2) is 42.5 Å². The lowest BCUT2D eigenvalue weighted by Gasteiger charge is -2.33. The van der Waals surface area contributed by atoms with E-state index < -0.39 is 18.0 Å². The number of nitrogens with zero attached hydrogens (tertiary/aromatic N) is 2. The van der Waals surface area contributed by atoms with Gasteiger partial charge < -0.3 is 20.9 Å². The Morgan fingerprint density at radius 2 is 1.35 bits per heavy atom. The largest absolute Gasteiger partial charge is 0.350 e. The molecule has 2 fully saturated rings. The van der Waals surface area contributed by atoms with Crippen LogP contribution in [0, 0.1) is 0 Å². The standard InChI is InChI=1S/C24H25Cl3N4O3/c25-16-4-1-14(2-5-16)23(33)30-11-12-31(24(34)15-3-10-19(26)20(27)13-15)22(30)21(32)29-18-8-6-17(28)7-9-18/h1-5,10,13,17-18,22H,6-9,11-12,28H2,(H,29,32). The van der Waals surface area contributed by atoms with Crippen molar-refractivity contribution in [2.24, 2.45) is 5.73 Å². The Labute approximate surface area is 213 Å². The van der Waals surface area contributed by atoms with Crippen molar-refractivity contribution in [3.8, 4) is 0 Å². The molecule has 1 atom stereocenters. The van der Waals surface area contributed by atoms with E-state index in [1.807, 2.05) is 0 Å². The van der Waals surface area contributed by atoms with Gasteiger partial charge in [0.2, 0.25) is 0 Å². The van der Waals surface area contributed by atoms with E-state index in [1.165, 1.54) is 21.9 Å². The summed E-state index contributed by atoms with van der Waals surface area (Å²) in [7, 11) is 0. The summed E-state index contributed by atoms with van der Waals surface area (Å²) in [4.78, 5) is 43.0. The molecule has 10 heteroatoms. The van der Waals surface area contributed by atoms with Crippen molar-refractivity contribution >= 4 is 52.5 Å². The lowest BCUT2D eigenvalue weighted by molar-refractivity contribution is -0.129. The molecule has 1 heterocycles. The van der Waals surface area contributed by atoms with Gasteiger partial charge in [0.05, 0.1) is 10.0 Å². The number of carbonyl (C=O) groups is 3. The number of hydrogen-bond donors (Lipinski definition) is 2. The molecule has 3 N–H and O–H groups in total. The predicted molar refractivity (Wildman–Crippen MR) is 132 cm³/mol. The first kappa shape index (κ1) is 24.8. The van der Waals surface area contributed by atoms with Crippen molar-refractivity contribution in [3.05, 3.63) is 68.7 Å². The van der Waals surface area contributed by atoms with Crippen LogP contribution >= 0.6 is 34.8 Å². The van der Waals surface area contributed by atoms with E-state index in [1.54, 1.807) is 30.3 Å². The van der Waals surface area contributed by atoms with Crippen LogP contribution in [0.2, 0.25) is 15.1 Å². The topological polar surface area (TPSA) is 95.7 Å². The normalized spacial score (nSPS) is 22.5. The summed E-state index contributed by atoms with van der Waals surface area (Å²) >= 11 is 18.1. The molecule has 1 aliphatic heterocycles. The predicted octanol–water partition coefficient (Wildman–Crippen LogP) is 3.96. The number of benzene rings is 2. The number of hydrogen-bond acceptors (Lipinski definition) is 4. The SMILES string of the molecule is NC1CCC(NC(=O)C2N(C(=O)c3ccc(Cl)cc3)CCN2C(=O)c2ccc(Cl)c(Cl)c2)CC1. The van der Waals surface area contributed by atoms with E-state index in [-0.39, 0.29) is 41.7 Å². The Balaban J connectivity index is 1.61. The van der Waals surface area contributed by atoms with E-state index >= 15 is 0 Å². The Morgan fingerprint density at radius 3 is 1.94 bits per heavy atom. The molecule has 2 aromatic carbocycles. The highest BCUT2D eigenvalue weighted by Gasteiger charge is 2.43. The van der Waals surface area contributed by atoms with E-state index in [0.29, 0.717) is 15.6 Å². The molecule has 4 rings (SSSR count). The third kappa shape index (κ3) is 5.33. The smallest absolute Gasteiger partial charge is 0.264 e. The van der Waals surface area contributed by atoms with Gasteiger partial charge in [0.25, 0.3) is 17.7 Å². The number of carbonyl (C=O) groups excluding carboxylic acids is 3. The van der Waals surface area contributed by atoms with Crippen LogP contribution in [0.1, 0.15) is 46.4 Å². The third-order valence-corrected chi connectivity index (χ3v) is 7.30. The minimum Gasteiger partial charge on any atom is -0.350 e. The highest BCUT2D eigenvalue weighted by Crippen LogP contribution is 2.27. The van der Waals surface area contributed by atoms with Crippen molar-refractivity contribution < 1.29 is 14.4 Å². The maximum Gasteiger partial charge on any atom is 0.264 e. The maximum absolute atomic E-state index is 13.5. The summed E-state index contributed by atoms with van der Waals surface area (Å²) in [5.74, 6) is -1.16. The Morgan fingerprint density at radius 1 is 0.794 bits per heavy atom. The fraction of sp³-hybridized carbons (Fsp3) is 0.375. The molecular weight excluding hydrogens is 499 g/mol. The number of amides is 3. The fourth-order valence-corrected chi connectivity index (χ4v) is 4.85. The molecular formula is C24H25Cl3N4O3. The van der Waals surface area contributed by atoms with Gasteiger partial charge in [0.1, 0.15) is 0 Å². The third-order valence-electron chi connectivity index (χ3n) is 6.30. The summed E-state index contributed by atoms with van der Waals surface area (Å²) in [5.41, 5.74) is 6.66. The first-order valence-corrected chi connectivity index (χ1v) is 12.3. The molecule has 180 valence electrons. The summed E-state index contributed by atoms with van der Waals surface area (Å²) in [5, 5.41) is 4.09. The zero-order valence-corrected chi connectivity index (χ0v) is 20.6. The van der Waals surface area contributed by atoms with Crippen LogP contribution in [-0.2, 0) is 4.79 Å². The summed E-state index contributed by atoms with van der Waals surface area (Å²) in [6.07, 6.45) is 2.04. The first-order chi connectivity index (χ1) is 16.2. The quantitative estimate of drug-likeness (QED) is 0.634. The average Bonchev–Trinajstić information content (AvgIpc) is 3.27. The van der Waals surface area contributed by atoms with Crippen molar-refractivity contribution in [1.82, 2.24) is 15.1 Å². The molecule has 0 aromatic heterocycles. The van der Waals surface area contributed by atoms with Crippen molar-refractivity contribution in [2.75, 3.05) is 13.1 Å². The van der Waals surface area contributed by atoms with Gasteiger partial charge in [-0.1, -0.05) is 34.8 Å². The van der Waals surface area contributed by atoms with Crippen LogP contribution in [0.3, 0.4) is 0 Å². The molecule has 0 spiro atoms. The second-order valence-electron chi connectivity index (χ2n) is 8.63. The van der Waals surface area contributed by atoms with E-state index in [9.17, 15) is 14.4 Å². The van der Waals surface area contributed by atoms with E-state index in [0.717, 1.165) is 25.7 Å². The van der Waals surface area contributed by atoms with Gasteiger partial charge in [-0.25, -0.2) is 0 Å². The Bertz CT molecular complexity index is 1090. The second-order valence-corrected chi connectivity index (χ2v) is 9.88. The first-order valence-electron chi connectivity index (χ1n) is 11.1. The molecule has 7 nitrogen and oxygen atoms in total. The van der Waals surface area contributed by atoms with Crippen LogP contribution in [0.5, 0.6) is 0 Å². The molecule has 34 heavy (non-hydrogen) atoms. The Kier molecular flexibility index (Phi) is 7.67. The minimum atomic E-state index is -1.10. The fourth-order valence-electron chi connectivity index (χ4n) is 4.43. The monoisotopic (exact) mass is 522 g/mol. The Hall–Kier alpha value is -2.32. The average molecular weight is 524 g/mol. The number of nitrogens with two attached hydrogens (primary N) is 1. The van der Waals surface area contributed by atoms with Gasteiger partial charge >= 0.3 is 0 Å². The summed E-state index contributed by atoms with van der Waals surface area (Å²) in [6.45, 7) is 0.411. The van der Waals surface area contributed by atoms with Crippen LogP contribution in [0.25, 0.3) is 0 Å². The molecule has 1 saturated heterocycles. The zero-order valence-electron chi connectivity index (χ0n) is 18.3. The van der Waals surface area contributed by atoms with E-state index in [2.05, 4.69) is 5.32 Å². The molecule has 0 bridgehead atoms. The van der Waals surface area contributed by atoms with Crippen LogP contribution in [-0.4, -0.2) is 58.9 Å². The second kappa shape index (κ2) is 10.5. The minimum absolute atomic E-state index is 0.0534. The van der Waals surface area contributed by atoms with Gasteiger partial charge in [-0.05, 0) is 68.1 Å². The van der Waals surface area contributed by atoms with E-state index in [4.69, 9.17) is 40.5 Å². The number of nitrogens with one attached hydrogen (secondary N) is 1. The van der Waals surface area contributed by atoms with Gasteiger partial charge in [0, 0.05) is 41.3 Å². The molecule has 3 amide bonds. The highest BCUT2D eigenvalue weighted by atomic mass is 35.5.